The number of rotatable bonds is 1. The molecule has 2 heterocycles. The van der Waals surface area contributed by atoms with Gasteiger partial charge >= 0.3 is 12.2 Å². The van der Waals surface area contributed by atoms with Crippen molar-refractivity contribution in [1.82, 2.24) is 10.2 Å². The average Bonchev–Trinajstić information content (AvgIpc) is 2.74. The largest absolute Gasteiger partial charge is 0.444 e. The Bertz CT molecular complexity index is 356. The lowest BCUT2D eigenvalue weighted by Crippen LogP contribution is -2.44. The summed E-state index contributed by atoms with van der Waals surface area (Å²) in [4.78, 5) is 24.6. The van der Waals surface area contributed by atoms with Gasteiger partial charge in [0.15, 0.2) is 0 Å². The van der Waals surface area contributed by atoms with Crippen LogP contribution in [0.5, 0.6) is 0 Å². The number of cyclic esters (lactones) is 1. The monoisotopic (exact) mass is 270 g/mol. The van der Waals surface area contributed by atoms with Gasteiger partial charge < -0.3 is 19.7 Å². The molecule has 108 valence electrons. The van der Waals surface area contributed by atoms with Crippen molar-refractivity contribution in [2.45, 2.75) is 45.3 Å². The minimum absolute atomic E-state index is 0.0479. The van der Waals surface area contributed by atoms with E-state index in [9.17, 15) is 9.59 Å². The fourth-order valence-corrected chi connectivity index (χ4v) is 2.45. The van der Waals surface area contributed by atoms with E-state index in [2.05, 4.69) is 5.32 Å². The van der Waals surface area contributed by atoms with Gasteiger partial charge in [-0.1, -0.05) is 0 Å². The predicted octanol–water partition coefficient (Wildman–Crippen LogP) is 1.74. The molecule has 2 aliphatic rings. The summed E-state index contributed by atoms with van der Waals surface area (Å²) in [5.74, 6) is 0.331. The Morgan fingerprint density at radius 1 is 1.37 bits per heavy atom. The first-order valence-electron chi connectivity index (χ1n) is 6.77. The Labute approximate surface area is 113 Å². The number of likely N-dealkylation sites (tertiary alicyclic amines) is 1. The first-order valence-corrected chi connectivity index (χ1v) is 6.77. The third-order valence-electron chi connectivity index (χ3n) is 3.42. The molecule has 0 spiro atoms. The van der Waals surface area contributed by atoms with Gasteiger partial charge in [0, 0.05) is 19.0 Å². The van der Waals surface area contributed by atoms with E-state index in [4.69, 9.17) is 9.47 Å². The molecule has 6 nitrogen and oxygen atoms in total. The molecule has 19 heavy (non-hydrogen) atoms. The summed E-state index contributed by atoms with van der Waals surface area (Å²) in [5, 5.41) is 2.67. The van der Waals surface area contributed by atoms with Crippen molar-refractivity contribution in [2.24, 2.45) is 5.92 Å². The van der Waals surface area contributed by atoms with Crippen LogP contribution in [0.25, 0.3) is 0 Å². The number of carbonyl (C=O) groups excluding carboxylic acids is 2. The highest BCUT2D eigenvalue weighted by atomic mass is 16.6. The fourth-order valence-electron chi connectivity index (χ4n) is 2.45. The third kappa shape index (κ3) is 3.75. The van der Waals surface area contributed by atoms with Crippen molar-refractivity contribution in [3.8, 4) is 0 Å². The van der Waals surface area contributed by atoms with Crippen LogP contribution >= 0.6 is 0 Å². The fraction of sp³-hybridized carbons (Fsp3) is 0.846. The summed E-state index contributed by atoms with van der Waals surface area (Å²) in [5.41, 5.74) is -0.459. The number of nitrogens with one attached hydrogen (secondary N) is 1. The maximum absolute atomic E-state index is 11.9. The van der Waals surface area contributed by atoms with Gasteiger partial charge in [0.05, 0.1) is 6.54 Å². The molecule has 0 aromatic rings. The smallest absolute Gasteiger partial charge is 0.410 e. The lowest BCUT2D eigenvalue weighted by Gasteiger charge is -2.34. The summed E-state index contributed by atoms with van der Waals surface area (Å²) >= 11 is 0. The highest BCUT2D eigenvalue weighted by molar-refractivity contribution is 5.69. The molecule has 1 N–H and O–H groups in total. The van der Waals surface area contributed by atoms with Crippen LogP contribution in [0.3, 0.4) is 0 Å². The van der Waals surface area contributed by atoms with Crippen molar-refractivity contribution in [3.63, 3.8) is 0 Å². The summed E-state index contributed by atoms with van der Waals surface area (Å²) in [7, 11) is 0. The van der Waals surface area contributed by atoms with Gasteiger partial charge in [-0.15, -0.1) is 0 Å². The predicted molar refractivity (Wildman–Crippen MR) is 68.8 cm³/mol. The van der Waals surface area contributed by atoms with E-state index < -0.39 is 5.60 Å². The van der Waals surface area contributed by atoms with Crippen LogP contribution in [0.4, 0.5) is 9.59 Å². The van der Waals surface area contributed by atoms with Crippen LogP contribution in [0, 0.1) is 5.92 Å². The van der Waals surface area contributed by atoms with E-state index in [0.29, 0.717) is 25.6 Å². The molecular formula is C13H22N2O4. The number of amides is 2. The lowest BCUT2D eigenvalue weighted by atomic mass is 9.91. The Kier molecular flexibility index (Phi) is 3.87. The first kappa shape index (κ1) is 14.0. The maximum Gasteiger partial charge on any atom is 0.410 e. The highest BCUT2D eigenvalue weighted by Gasteiger charge is 2.35. The molecule has 2 aliphatic heterocycles. The van der Waals surface area contributed by atoms with E-state index >= 15 is 0 Å². The van der Waals surface area contributed by atoms with E-state index in [1.165, 1.54) is 0 Å². The lowest BCUT2D eigenvalue weighted by molar-refractivity contribution is 0.0104. The molecule has 0 aliphatic carbocycles. The maximum atomic E-state index is 11.9. The van der Waals surface area contributed by atoms with Crippen LogP contribution in [0.15, 0.2) is 0 Å². The van der Waals surface area contributed by atoms with Crippen molar-refractivity contribution < 1.29 is 19.1 Å². The second-order valence-electron chi connectivity index (χ2n) is 6.13. The quantitative estimate of drug-likeness (QED) is 0.788. The number of hydrogen-bond acceptors (Lipinski definition) is 4. The molecule has 0 aromatic carbocycles. The first-order chi connectivity index (χ1) is 8.85. The molecule has 0 bridgehead atoms. The standard InChI is InChI=1S/C13H22N2O4/c1-13(2,3)19-12(17)15-6-4-9(5-7-15)10-8-14-11(16)18-10/h9-10H,4-8H2,1-3H3,(H,14,16). The van der Waals surface area contributed by atoms with Crippen LogP contribution in [0.1, 0.15) is 33.6 Å². The van der Waals surface area contributed by atoms with Gasteiger partial charge in [0.1, 0.15) is 11.7 Å². The second kappa shape index (κ2) is 5.27. The molecule has 0 radical (unpaired) electrons. The zero-order valence-corrected chi connectivity index (χ0v) is 11.8. The third-order valence-corrected chi connectivity index (χ3v) is 3.42. The van der Waals surface area contributed by atoms with Gasteiger partial charge in [-0.25, -0.2) is 9.59 Å². The molecule has 2 saturated heterocycles. The van der Waals surface area contributed by atoms with Crippen LogP contribution < -0.4 is 5.32 Å². The SMILES string of the molecule is CC(C)(C)OC(=O)N1CCC(C2CNC(=O)O2)CC1. The van der Waals surface area contributed by atoms with E-state index in [-0.39, 0.29) is 18.3 Å². The van der Waals surface area contributed by atoms with Crippen LogP contribution in [-0.4, -0.2) is 48.4 Å². The normalized spacial score (nSPS) is 24.9. The molecule has 0 saturated carbocycles. The van der Waals surface area contributed by atoms with E-state index in [0.717, 1.165) is 12.8 Å². The Hall–Kier alpha value is -1.46. The molecule has 2 amide bonds. The zero-order valence-electron chi connectivity index (χ0n) is 11.8. The number of nitrogens with zero attached hydrogens (tertiary/aromatic N) is 1. The molecule has 1 unspecified atom stereocenters. The number of hydrogen-bond donors (Lipinski definition) is 1. The van der Waals surface area contributed by atoms with Gasteiger partial charge in [0.25, 0.3) is 0 Å². The van der Waals surface area contributed by atoms with Gasteiger partial charge in [-0.2, -0.15) is 0 Å². The van der Waals surface area contributed by atoms with Crippen LogP contribution in [0.2, 0.25) is 0 Å². The number of piperidine rings is 1. The number of ether oxygens (including phenoxy) is 2. The second-order valence-corrected chi connectivity index (χ2v) is 6.13. The molecule has 2 rings (SSSR count). The summed E-state index contributed by atoms with van der Waals surface area (Å²) in [6.07, 6.45) is 1.05. The molecule has 6 heteroatoms. The average molecular weight is 270 g/mol. The van der Waals surface area contributed by atoms with Crippen molar-refractivity contribution in [1.29, 1.82) is 0 Å². The topological polar surface area (TPSA) is 67.9 Å². The van der Waals surface area contributed by atoms with Crippen LogP contribution in [-0.2, 0) is 9.47 Å². The highest BCUT2D eigenvalue weighted by Crippen LogP contribution is 2.25. The number of alkyl carbamates (subject to hydrolysis) is 1. The van der Waals surface area contributed by atoms with Crippen molar-refractivity contribution in [3.05, 3.63) is 0 Å². The summed E-state index contributed by atoms with van der Waals surface area (Å²) in [6, 6.07) is 0. The molecular weight excluding hydrogens is 248 g/mol. The molecule has 1 atom stereocenters. The zero-order chi connectivity index (χ0) is 14.0. The van der Waals surface area contributed by atoms with E-state index in [1.54, 1.807) is 4.90 Å². The summed E-state index contributed by atoms with van der Waals surface area (Å²) < 4.78 is 10.5. The van der Waals surface area contributed by atoms with Crippen molar-refractivity contribution >= 4 is 12.2 Å². The Balaban J connectivity index is 1.79. The number of carbonyl (C=O) groups is 2. The summed E-state index contributed by atoms with van der Waals surface area (Å²) in [6.45, 7) is 7.49. The Morgan fingerprint density at radius 3 is 2.47 bits per heavy atom. The van der Waals surface area contributed by atoms with Gasteiger partial charge in [-0.3, -0.25) is 0 Å². The molecule has 0 aromatic heterocycles. The molecule has 2 fully saturated rings. The van der Waals surface area contributed by atoms with E-state index in [1.807, 2.05) is 20.8 Å². The Morgan fingerprint density at radius 2 is 2.00 bits per heavy atom. The van der Waals surface area contributed by atoms with Crippen molar-refractivity contribution in [2.75, 3.05) is 19.6 Å². The minimum Gasteiger partial charge on any atom is -0.444 e. The van der Waals surface area contributed by atoms with Gasteiger partial charge in [-0.05, 0) is 33.6 Å². The minimum atomic E-state index is -0.459. The van der Waals surface area contributed by atoms with Gasteiger partial charge in [0.2, 0.25) is 0 Å².